The van der Waals surface area contributed by atoms with Crippen LogP contribution in [0.5, 0.6) is 5.75 Å². The predicted molar refractivity (Wildman–Crippen MR) is 98.5 cm³/mol. The highest BCUT2D eigenvalue weighted by atomic mass is 32.1. The molecule has 0 fully saturated rings. The molecule has 5 heteroatoms. The molecule has 0 radical (unpaired) electrons. The van der Waals surface area contributed by atoms with E-state index in [2.05, 4.69) is 47.8 Å². The quantitative estimate of drug-likeness (QED) is 0.624. The van der Waals surface area contributed by atoms with Gasteiger partial charge >= 0.3 is 0 Å². The lowest BCUT2D eigenvalue weighted by Crippen LogP contribution is -2.38. The number of methoxy groups -OCH3 is 1. The maximum Gasteiger partial charge on any atom is 0.193 e. The van der Waals surface area contributed by atoms with Crippen molar-refractivity contribution in [3.63, 3.8) is 0 Å². The normalized spacial score (nSPS) is 11.3. The van der Waals surface area contributed by atoms with Crippen LogP contribution in [0.15, 0.2) is 46.8 Å². The van der Waals surface area contributed by atoms with Gasteiger partial charge in [-0.1, -0.05) is 24.3 Å². The molecule has 0 unspecified atom stereocenters. The molecular formula is C18H25N3OS. The summed E-state index contributed by atoms with van der Waals surface area (Å²) in [6.45, 7) is 4.49. The maximum absolute atomic E-state index is 5.43. The summed E-state index contributed by atoms with van der Waals surface area (Å²) < 4.78 is 5.43. The van der Waals surface area contributed by atoms with Gasteiger partial charge in [0.2, 0.25) is 0 Å². The van der Waals surface area contributed by atoms with Crippen LogP contribution in [0.2, 0.25) is 0 Å². The van der Waals surface area contributed by atoms with Crippen LogP contribution in [-0.2, 0) is 13.0 Å². The van der Waals surface area contributed by atoms with Crippen LogP contribution in [0.25, 0.3) is 0 Å². The summed E-state index contributed by atoms with van der Waals surface area (Å²) in [6.07, 6.45) is 0.981. The SMILES string of the molecule is CCNC(=NCCc1cccs1)N(C)Cc1ccccc1OC. The molecule has 4 nitrogen and oxygen atoms in total. The van der Waals surface area contributed by atoms with Gasteiger partial charge in [0.1, 0.15) is 5.75 Å². The predicted octanol–water partition coefficient (Wildman–Crippen LogP) is 3.40. The largest absolute Gasteiger partial charge is 0.496 e. The standard InChI is InChI=1S/C18H25N3OS/c1-4-19-18(20-12-11-16-9-7-13-23-16)21(2)14-15-8-5-6-10-17(15)22-3/h5-10,13H,4,11-12,14H2,1-3H3,(H,19,20). The van der Waals surface area contributed by atoms with Crippen molar-refractivity contribution in [1.82, 2.24) is 10.2 Å². The number of thiophene rings is 1. The number of ether oxygens (including phenoxy) is 1. The Morgan fingerprint density at radius 1 is 1.26 bits per heavy atom. The van der Waals surface area contributed by atoms with E-state index in [1.807, 2.05) is 18.2 Å². The molecule has 0 spiro atoms. The molecule has 124 valence electrons. The number of nitrogens with zero attached hydrogens (tertiary/aromatic N) is 2. The summed E-state index contributed by atoms with van der Waals surface area (Å²) in [5.41, 5.74) is 1.15. The zero-order valence-electron chi connectivity index (χ0n) is 14.1. The minimum absolute atomic E-state index is 0.759. The zero-order chi connectivity index (χ0) is 16.5. The van der Waals surface area contributed by atoms with E-state index in [0.29, 0.717) is 0 Å². The number of guanidine groups is 1. The van der Waals surface area contributed by atoms with Crippen LogP contribution in [0.1, 0.15) is 17.4 Å². The Bertz CT molecular complexity index is 610. The van der Waals surface area contributed by atoms with Gasteiger partial charge in [0.25, 0.3) is 0 Å². The highest BCUT2D eigenvalue weighted by molar-refractivity contribution is 7.09. The molecule has 0 aliphatic carbocycles. The minimum Gasteiger partial charge on any atom is -0.496 e. The molecule has 23 heavy (non-hydrogen) atoms. The Labute approximate surface area is 142 Å². The van der Waals surface area contributed by atoms with Crippen LogP contribution in [0, 0.1) is 0 Å². The highest BCUT2D eigenvalue weighted by Crippen LogP contribution is 2.18. The average Bonchev–Trinajstić information content (AvgIpc) is 3.08. The third-order valence-electron chi connectivity index (χ3n) is 3.50. The molecule has 1 N–H and O–H groups in total. The molecule has 2 aromatic rings. The van der Waals surface area contributed by atoms with Gasteiger partial charge in [-0.2, -0.15) is 0 Å². The summed E-state index contributed by atoms with van der Waals surface area (Å²) in [6, 6.07) is 12.3. The van der Waals surface area contributed by atoms with E-state index in [0.717, 1.165) is 43.3 Å². The summed E-state index contributed by atoms with van der Waals surface area (Å²) in [5.74, 6) is 1.84. The number of rotatable bonds is 7. The third-order valence-corrected chi connectivity index (χ3v) is 4.43. The molecule has 2 rings (SSSR count). The molecule has 1 aromatic carbocycles. The molecule has 0 aliphatic heterocycles. The van der Waals surface area contributed by atoms with Crippen molar-refractivity contribution in [2.24, 2.45) is 4.99 Å². The Balaban J connectivity index is 2.00. The fourth-order valence-corrected chi connectivity index (χ4v) is 3.06. The van der Waals surface area contributed by atoms with Crippen molar-refractivity contribution in [2.45, 2.75) is 19.9 Å². The molecule has 1 heterocycles. The Hall–Kier alpha value is -2.01. The summed E-state index contributed by atoms with van der Waals surface area (Å²) in [4.78, 5) is 8.24. The lowest BCUT2D eigenvalue weighted by molar-refractivity contribution is 0.396. The van der Waals surface area contributed by atoms with E-state index in [1.54, 1.807) is 18.4 Å². The zero-order valence-corrected chi connectivity index (χ0v) is 14.9. The molecule has 1 aromatic heterocycles. The number of aliphatic imine (C=N–C) groups is 1. The molecule has 0 saturated heterocycles. The fraction of sp³-hybridized carbons (Fsp3) is 0.389. The smallest absolute Gasteiger partial charge is 0.193 e. The van der Waals surface area contributed by atoms with Crippen LogP contribution in [0.4, 0.5) is 0 Å². The number of nitrogens with one attached hydrogen (secondary N) is 1. The number of benzene rings is 1. The van der Waals surface area contributed by atoms with Crippen molar-refractivity contribution in [2.75, 3.05) is 27.2 Å². The van der Waals surface area contributed by atoms with E-state index in [4.69, 9.17) is 9.73 Å². The number of hydrogen-bond donors (Lipinski definition) is 1. The Morgan fingerprint density at radius 3 is 2.78 bits per heavy atom. The van der Waals surface area contributed by atoms with Crippen molar-refractivity contribution in [1.29, 1.82) is 0 Å². The molecule has 0 amide bonds. The summed E-state index contributed by atoms with van der Waals surface area (Å²) in [7, 11) is 3.76. The van der Waals surface area contributed by atoms with Crippen LogP contribution in [0.3, 0.4) is 0 Å². The Kier molecular flexibility index (Phi) is 6.94. The van der Waals surface area contributed by atoms with Gasteiger partial charge in [-0.05, 0) is 24.4 Å². The molecular weight excluding hydrogens is 306 g/mol. The first kappa shape index (κ1) is 17.3. The minimum atomic E-state index is 0.759. The summed E-state index contributed by atoms with van der Waals surface area (Å²) >= 11 is 1.78. The first-order chi connectivity index (χ1) is 11.2. The monoisotopic (exact) mass is 331 g/mol. The van der Waals surface area contributed by atoms with Crippen LogP contribution in [-0.4, -0.2) is 38.1 Å². The second-order valence-corrected chi connectivity index (χ2v) is 6.27. The van der Waals surface area contributed by atoms with Crippen LogP contribution < -0.4 is 10.1 Å². The summed E-state index contributed by atoms with van der Waals surface area (Å²) in [5, 5.41) is 5.47. The van der Waals surface area contributed by atoms with Gasteiger partial charge < -0.3 is 15.0 Å². The van der Waals surface area contributed by atoms with Crippen molar-refractivity contribution in [3.8, 4) is 5.75 Å². The van der Waals surface area contributed by atoms with E-state index in [-0.39, 0.29) is 0 Å². The van der Waals surface area contributed by atoms with E-state index in [9.17, 15) is 0 Å². The average molecular weight is 331 g/mol. The highest BCUT2D eigenvalue weighted by Gasteiger charge is 2.09. The fourth-order valence-electron chi connectivity index (χ4n) is 2.36. The van der Waals surface area contributed by atoms with Crippen molar-refractivity contribution in [3.05, 3.63) is 52.2 Å². The second kappa shape index (κ2) is 9.20. The van der Waals surface area contributed by atoms with Crippen molar-refractivity contribution >= 4 is 17.3 Å². The maximum atomic E-state index is 5.43. The lowest BCUT2D eigenvalue weighted by Gasteiger charge is -2.23. The van der Waals surface area contributed by atoms with Crippen molar-refractivity contribution < 1.29 is 4.74 Å². The van der Waals surface area contributed by atoms with Gasteiger partial charge in [0.15, 0.2) is 5.96 Å². The van der Waals surface area contributed by atoms with E-state index >= 15 is 0 Å². The molecule has 0 atom stereocenters. The van der Waals surface area contributed by atoms with E-state index < -0.39 is 0 Å². The topological polar surface area (TPSA) is 36.9 Å². The first-order valence-electron chi connectivity index (χ1n) is 7.88. The van der Waals surface area contributed by atoms with Gasteiger partial charge in [-0.15, -0.1) is 11.3 Å². The number of hydrogen-bond acceptors (Lipinski definition) is 3. The second-order valence-electron chi connectivity index (χ2n) is 5.23. The third kappa shape index (κ3) is 5.28. The van der Waals surface area contributed by atoms with E-state index in [1.165, 1.54) is 4.88 Å². The molecule has 0 aliphatic rings. The molecule has 0 bridgehead atoms. The Morgan fingerprint density at radius 2 is 2.09 bits per heavy atom. The molecule has 0 saturated carbocycles. The first-order valence-corrected chi connectivity index (χ1v) is 8.76. The van der Waals surface area contributed by atoms with Gasteiger partial charge in [-0.3, -0.25) is 4.99 Å². The van der Waals surface area contributed by atoms with Gasteiger partial charge in [0, 0.05) is 43.5 Å². The van der Waals surface area contributed by atoms with Gasteiger partial charge in [-0.25, -0.2) is 0 Å². The number of para-hydroxylation sites is 1. The van der Waals surface area contributed by atoms with Crippen LogP contribution >= 0.6 is 11.3 Å². The van der Waals surface area contributed by atoms with Gasteiger partial charge in [0.05, 0.1) is 7.11 Å². The lowest BCUT2D eigenvalue weighted by atomic mass is 10.2.